The van der Waals surface area contributed by atoms with E-state index in [0.29, 0.717) is 11.1 Å². The van der Waals surface area contributed by atoms with Gasteiger partial charge in [-0.25, -0.2) is 9.59 Å². The summed E-state index contributed by atoms with van der Waals surface area (Å²) >= 11 is 0. The molecular formula is C45H53NO14. The van der Waals surface area contributed by atoms with Crippen molar-refractivity contribution < 1.29 is 67.8 Å². The molecular weight excluding hydrogens is 778 g/mol. The van der Waals surface area contributed by atoms with Gasteiger partial charge in [-0.15, -0.1) is 0 Å². The maximum atomic E-state index is 15.4. The second-order valence-corrected chi connectivity index (χ2v) is 17.0. The molecule has 4 aliphatic rings. The predicted molar refractivity (Wildman–Crippen MR) is 211 cm³/mol. The summed E-state index contributed by atoms with van der Waals surface area (Å²) in [4.78, 5) is 82.9. The number of aliphatic hydroxyl groups is 3. The van der Waals surface area contributed by atoms with E-state index in [1.54, 1.807) is 82.3 Å². The van der Waals surface area contributed by atoms with Gasteiger partial charge in [-0.1, -0.05) is 68.5 Å². The van der Waals surface area contributed by atoms with Gasteiger partial charge in [0, 0.05) is 37.7 Å². The van der Waals surface area contributed by atoms with Crippen molar-refractivity contribution in [3.05, 3.63) is 94.6 Å². The molecule has 2 saturated carbocycles. The first-order chi connectivity index (χ1) is 28.1. The van der Waals surface area contributed by atoms with Crippen molar-refractivity contribution in [1.82, 2.24) is 5.32 Å². The number of ether oxygens (including phenoxy) is 5. The number of amides is 1. The molecule has 2 aromatic rings. The van der Waals surface area contributed by atoms with E-state index in [4.69, 9.17) is 23.7 Å². The molecule has 4 N–H and O–H groups in total. The van der Waals surface area contributed by atoms with Gasteiger partial charge >= 0.3 is 23.9 Å². The maximum Gasteiger partial charge on any atom is 0.338 e. The number of carbonyl (C=O) groups is 6. The number of benzene rings is 2. The van der Waals surface area contributed by atoms with Gasteiger partial charge in [-0.3, -0.25) is 19.2 Å². The zero-order chi connectivity index (χ0) is 44.1. The van der Waals surface area contributed by atoms with Crippen molar-refractivity contribution in [3.63, 3.8) is 0 Å². The van der Waals surface area contributed by atoms with E-state index in [9.17, 15) is 39.3 Å². The third-order valence-corrected chi connectivity index (χ3v) is 13.2. The minimum atomic E-state index is -2.38. The van der Waals surface area contributed by atoms with Crippen LogP contribution in [0.5, 0.6) is 0 Å². The highest BCUT2D eigenvalue weighted by Crippen LogP contribution is 2.64. The monoisotopic (exact) mass is 831 g/mol. The molecule has 1 saturated heterocycles. The van der Waals surface area contributed by atoms with E-state index in [2.05, 4.69) is 5.32 Å². The van der Waals surface area contributed by atoms with Crippen molar-refractivity contribution in [1.29, 1.82) is 0 Å². The second-order valence-electron chi connectivity index (χ2n) is 17.0. The Labute approximate surface area is 348 Å². The van der Waals surface area contributed by atoms with Crippen molar-refractivity contribution in [2.75, 3.05) is 6.61 Å². The molecule has 15 nitrogen and oxygen atoms in total. The van der Waals surface area contributed by atoms with E-state index < -0.39 is 113 Å². The highest BCUT2D eigenvalue weighted by Gasteiger charge is 2.78. The van der Waals surface area contributed by atoms with Crippen molar-refractivity contribution >= 4 is 35.6 Å². The molecule has 15 heteroatoms. The van der Waals surface area contributed by atoms with Crippen LogP contribution in [0, 0.1) is 16.7 Å². The molecule has 11 unspecified atom stereocenters. The Morgan fingerprint density at radius 1 is 0.917 bits per heavy atom. The summed E-state index contributed by atoms with van der Waals surface area (Å²) in [6, 6.07) is 14.8. The molecule has 0 spiro atoms. The number of carbonyl (C=O) groups excluding carboxylic acids is 6. The van der Waals surface area contributed by atoms with Gasteiger partial charge in [0.15, 0.2) is 23.6 Å². The van der Waals surface area contributed by atoms with Gasteiger partial charge in [-0.2, -0.15) is 0 Å². The third-order valence-electron chi connectivity index (χ3n) is 13.2. The lowest BCUT2D eigenvalue weighted by Crippen LogP contribution is -2.82. The lowest BCUT2D eigenvalue weighted by Gasteiger charge is -2.67. The van der Waals surface area contributed by atoms with Gasteiger partial charge in [-0.05, 0) is 56.5 Å². The van der Waals surface area contributed by atoms with Crippen LogP contribution in [0.25, 0.3) is 0 Å². The molecule has 322 valence electrons. The summed E-state index contributed by atoms with van der Waals surface area (Å²) in [6.45, 7) is 11.2. The zero-order valence-corrected chi connectivity index (χ0v) is 34.9. The molecule has 3 fully saturated rings. The first-order valence-corrected chi connectivity index (χ1v) is 19.9. The van der Waals surface area contributed by atoms with Crippen LogP contribution < -0.4 is 5.32 Å². The Hall–Kier alpha value is -5.22. The number of hydrogen-bond donors (Lipinski definition) is 4. The fourth-order valence-electron chi connectivity index (χ4n) is 9.75. The van der Waals surface area contributed by atoms with E-state index in [-0.39, 0.29) is 29.7 Å². The smallest absolute Gasteiger partial charge is 0.338 e. The second kappa shape index (κ2) is 16.3. The van der Waals surface area contributed by atoms with Gasteiger partial charge in [0.1, 0.15) is 23.9 Å². The summed E-state index contributed by atoms with van der Waals surface area (Å²) < 4.78 is 30.2. The van der Waals surface area contributed by atoms with Crippen LogP contribution in [0.3, 0.4) is 0 Å². The van der Waals surface area contributed by atoms with Crippen molar-refractivity contribution in [2.24, 2.45) is 16.7 Å². The molecule has 2 aromatic carbocycles. The van der Waals surface area contributed by atoms with E-state index in [0.717, 1.165) is 13.8 Å². The zero-order valence-electron chi connectivity index (χ0n) is 34.9. The number of fused-ring (bicyclic) bond motifs is 5. The summed E-state index contributed by atoms with van der Waals surface area (Å²) in [5.74, 6) is -6.78. The SMILES string of the molecule is C/C=C(\C)C(=O)NC(c1ccccc1)C(O)C(=O)OC1CC2(O)C(OC(=O)c3ccccc3)C3C4(OC(C)=O)COC4CC(O)C3(C)C(=O)C(OC(C)=O)C(=C1C)C2(C)C. The molecule has 0 radical (unpaired) electrons. The number of Topliss-reactive ketones (excluding diaryl/α,β-unsaturated/α-hetero) is 1. The third kappa shape index (κ3) is 7.24. The van der Waals surface area contributed by atoms with E-state index >= 15 is 4.79 Å². The van der Waals surface area contributed by atoms with Crippen LogP contribution in [0.1, 0.15) is 90.2 Å². The van der Waals surface area contributed by atoms with E-state index in [1.807, 2.05) is 0 Å². The fourth-order valence-corrected chi connectivity index (χ4v) is 9.75. The lowest BCUT2D eigenvalue weighted by atomic mass is 9.44. The van der Waals surface area contributed by atoms with Crippen molar-refractivity contribution in [2.45, 2.75) is 122 Å². The molecule has 1 amide bonds. The normalized spacial score (nSPS) is 32.9. The molecule has 6 rings (SSSR count). The number of allylic oxidation sites excluding steroid dienone is 1. The van der Waals surface area contributed by atoms with E-state index in [1.165, 1.54) is 26.0 Å². The van der Waals surface area contributed by atoms with Gasteiger partial charge in [0.25, 0.3) is 0 Å². The van der Waals surface area contributed by atoms with Gasteiger partial charge < -0.3 is 44.3 Å². The molecule has 3 aliphatic carbocycles. The first-order valence-electron chi connectivity index (χ1n) is 19.9. The largest absolute Gasteiger partial charge is 0.456 e. The Bertz CT molecular complexity index is 2110. The van der Waals surface area contributed by atoms with Crippen LogP contribution >= 0.6 is 0 Å². The Morgan fingerprint density at radius 2 is 1.53 bits per heavy atom. The number of hydrogen-bond acceptors (Lipinski definition) is 14. The summed E-state index contributed by atoms with van der Waals surface area (Å²) in [5.41, 5.74) is -6.91. The molecule has 1 aliphatic heterocycles. The quantitative estimate of drug-likeness (QED) is 0.117. The maximum absolute atomic E-state index is 15.4. The average molecular weight is 832 g/mol. The Morgan fingerprint density at radius 3 is 2.08 bits per heavy atom. The number of ketones is 1. The topological polar surface area (TPSA) is 221 Å². The fraction of sp³-hybridized carbons (Fsp3) is 0.511. The molecule has 0 aromatic heterocycles. The lowest BCUT2D eigenvalue weighted by molar-refractivity contribution is -0.346. The number of aliphatic hydroxyl groups excluding tert-OH is 2. The van der Waals surface area contributed by atoms with Crippen LogP contribution in [0.2, 0.25) is 0 Å². The summed E-state index contributed by atoms with van der Waals surface area (Å²) in [7, 11) is 0. The standard InChI is InChI=1S/C45H53NO14/c1-9-23(2)39(52)46-33(27-16-12-10-13-17-27)34(50)41(54)58-29-21-45(55)38(59-40(53)28-18-14-11-15-19-28)36-43(8,30(49)20-31-44(36,22-56-31)60-26(5)48)37(51)35(57-25(4)47)32(24(29)3)42(45,6)7/h9-19,29-31,33-36,38,49-50,55H,20-22H2,1-8H3,(H,46,52)/b23-9+. The average Bonchev–Trinajstić information content (AvgIpc) is 3.20. The van der Waals surface area contributed by atoms with Crippen LogP contribution in [0.4, 0.5) is 0 Å². The number of esters is 4. The Kier molecular flexibility index (Phi) is 12.1. The van der Waals surface area contributed by atoms with Crippen LogP contribution in [-0.2, 0) is 47.7 Å². The molecule has 11 atom stereocenters. The first kappa shape index (κ1) is 44.3. The molecule has 2 bridgehead atoms. The minimum absolute atomic E-state index is 0.00140. The van der Waals surface area contributed by atoms with Crippen LogP contribution in [-0.4, -0.2) is 105 Å². The van der Waals surface area contributed by atoms with Gasteiger partial charge in [0.05, 0.1) is 35.6 Å². The van der Waals surface area contributed by atoms with Gasteiger partial charge in [0.2, 0.25) is 5.91 Å². The summed E-state index contributed by atoms with van der Waals surface area (Å²) in [5, 5.41) is 40.0. The van der Waals surface area contributed by atoms with Crippen molar-refractivity contribution in [3.8, 4) is 0 Å². The molecule has 1 heterocycles. The molecule has 60 heavy (non-hydrogen) atoms. The highest BCUT2D eigenvalue weighted by atomic mass is 16.6. The predicted octanol–water partition coefficient (Wildman–Crippen LogP) is 3.39. The minimum Gasteiger partial charge on any atom is -0.456 e. The Balaban J connectivity index is 1.56. The van der Waals surface area contributed by atoms with Crippen LogP contribution in [0.15, 0.2) is 83.5 Å². The number of rotatable bonds is 10. The summed E-state index contributed by atoms with van der Waals surface area (Å²) in [6.07, 6.45) is -8.88. The highest BCUT2D eigenvalue weighted by molar-refractivity contribution is 5.96. The number of nitrogens with one attached hydrogen (secondary N) is 1.